The van der Waals surface area contributed by atoms with Crippen LogP contribution in [0.25, 0.3) is 0 Å². The van der Waals surface area contributed by atoms with Crippen molar-refractivity contribution in [2.75, 3.05) is 26.2 Å². The number of carbonyl (C=O) groups is 6. The molecule has 0 aromatic heterocycles. The summed E-state index contributed by atoms with van der Waals surface area (Å²) in [6.07, 6.45) is -1.06. The second kappa shape index (κ2) is 27.1. The normalized spacial score (nSPS) is 33.7. The van der Waals surface area contributed by atoms with E-state index in [0.29, 0.717) is 64.2 Å². The molecule has 16 atom stereocenters. The number of rotatable bonds is 25. The van der Waals surface area contributed by atoms with Crippen LogP contribution >= 0.6 is 0 Å². The molecule has 1 unspecified atom stereocenters. The summed E-state index contributed by atoms with van der Waals surface area (Å²) < 4.78 is 26.7. The number of carbonyl (C=O) groups excluding carboxylic acids is 6. The van der Waals surface area contributed by atoms with Crippen LogP contribution in [0.5, 0.6) is 0 Å². The van der Waals surface area contributed by atoms with Gasteiger partial charge in [-0.25, -0.2) is 0 Å². The molecule has 3 fully saturated rings. The molecule has 3 rings (SSSR count). The van der Waals surface area contributed by atoms with E-state index in [4.69, 9.17) is 39.2 Å². The van der Waals surface area contributed by atoms with E-state index in [-0.39, 0.29) is 61.9 Å². The first-order chi connectivity index (χ1) is 30.5. The monoisotopic (exact) mass is 900 g/mol. The van der Waals surface area contributed by atoms with Gasteiger partial charge in [0.05, 0.1) is 110 Å². The van der Waals surface area contributed by atoms with E-state index in [2.05, 4.69) is 16.0 Å². The second-order valence-electron chi connectivity index (χ2n) is 18.3. The van der Waals surface area contributed by atoms with Gasteiger partial charge in [-0.05, 0) is 103 Å². The summed E-state index contributed by atoms with van der Waals surface area (Å²) in [5.41, 5.74) is 0. The summed E-state index contributed by atoms with van der Waals surface area (Å²) in [5.74, 6) is -4.72. The highest BCUT2D eigenvalue weighted by atomic mass is 16.5. The van der Waals surface area contributed by atoms with Gasteiger partial charge in [0.2, 0.25) is 23.6 Å². The fourth-order valence-corrected chi connectivity index (χ4v) is 9.22. The van der Waals surface area contributed by atoms with Crippen molar-refractivity contribution in [1.29, 1.82) is 0 Å². The van der Waals surface area contributed by atoms with Crippen molar-refractivity contribution < 1.29 is 59.7 Å². The number of amides is 4. The Morgan fingerprint density at radius 1 is 0.625 bits per heavy atom. The summed E-state index contributed by atoms with van der Waals surface area (Å²) in [4.78, 5) is 77.6. The van der Waals surface area contributed by atoms with Gasteiger partial charge in [0, 0.05) is 39.7 Å². The quantitative estimate of drug-likeness (QED) is 0.0483. The highest BCUT2D eigenvalue weighted by Crippen LogP contribution is 2.33. The summed E-state index contributed by atoms with van der Waals surface area (Å²) in [5, 5.41) is 40.9. The molecule has 3 saturated heterocycles. The van der Waals surface area contributed by atoms with Gasteiger partial charge in [-0.3, -0.25) is 24.0 Å². The largest absolute Gasteiger partial charge is 0.391 e. The molecular formula is C44H74B3N5O12. The molecule has 6 radical (unpaired) electrons. The Bertz CT molecular complexity index is 1580. The molecule has 3 heterocycles. The third-order valence-corrected chi connectivity index (χ3v) is 12.8. The molecule has 0 bridgehead atoms. The van der Waals surface area contributed by atoms with Crippen LogP contribution in [0.4, 0.5) is 0 Å². The zero-order valence-electron chi connectivity index (χ0n) is 40.0. The lowest BCUT2D eigenvalue weighted by Crippen LogP contribution is -2.57. The van der Waals surface area contributed by atoms with Gasteiger partial charge < -0.3 is 60.5 Å². The van der Waals surface area contributed by atoms with Crippen molar-refractivity contribution in [3.63, 3.8) is 0 Å². The van der Waals surface area contributed by atoms with E-state index in [1.807, 2.05) is 0 Å². The van der Waals surface area contributed by atoms with E-state index >= 15 is 0 Å². The van der Waals surface area contributed by atoms with Crippen molar-refractivity contribution in [3.8, 4) is 0 Å². The zero-order chi connectivity index (χ0) is 48.7. The van der Waals surface area contributed by atoms with E-state index in [1.54, 1.807) is 20.8 Å². The minimum absolute atomic E-state index is 0.0159. The maximum atomic E-state index is 14.0. The minimum Gasteiger partial charge on any atom is -0.391 e. The number of Topliss-reactive ketones (excluding diaryl/α,β-unsaturated/α-hetero) is 2. The smallest absolute Gasteiger partial charge is 0.236 e. The number of hydrogen-bond donors (Lipinski definition) is 7. The Kier molecular flexibility index (Phi) is 22.7. The average Bonchev–Trinajstić information content (AvgIpc) is 3.22. The topological polar surface area (TPSA) is 242 Å². The van der Waals surface area contributed by atoms with Crippen molar-refractivity contribution in [2.45, 2.75) is 210 Å². The number of aliphatic hydroxyl groups is 3. The first-order valence-corrected chi connectivity index (χ1v) is 23.1. The lowest BCUT2D eigenvalue weighted by Gasteiger charge is -2.43. The molecule has 0 spiro atoms. The van der Waals surface area contributed by atoms with Gasteiger partial charge in [0.25, 0.3) is 0 Å². The van der Waals surface area contributed by atoms with Crippen LogP contribution in [0.2, 0.25) is 18.9 Å². The molecule has 3 aliphatic heterocycles. The molecule has 3 aliphatic rings. The van der Waals surface area contributed by atoms with Crippen molar-refractivity contribution in [3.05, 3.63) is 0 Å². The molecule has 64 heavy (non-hydrogen) atoms. The van der Waals surface area contributed by atoms with Gasteiger partial charge >= 0.3 is 0 Å². The Labute approximate surface area is 385 Å². The van der Waals surface area contributed by atoms with E-state index < -0.39 is 102 Å². The summed E-state index contributed by atoms with van der Waals surface area (Å²) in [6, 6.07) is -1.84. The third-order valence-electron chi connectivity index (χ3n) is 12.8. The summed E-state index contributed by atoms with van der Waals surface area (Å²) >= 11 is 0. The fraction of sp³-hybridized carbons (Fsp3) is 0.864. The van der Waals surface area contributed by atoms with Gasteiger partial charge in [-0.1, -0.05) is 12.8 Å². The molecular weight excluding hydrogens is 823 g/mol. The number of nitrogens with zero attached hydrogens (tertiary/aromatic N) is 1. The summed E-state index contributed by atoms with van der Waals surface area (Å²) in [6.45, 7) is 10.4. The minimum atomic E-state index is -0.979. The zero-order valence-corrected chi connectivity index (χ0v) is 39.0. The number of unbranched alkanes of at least 4 members (excludes halogenated alkanes) is 3. The lowest BCUT2D eigenvalue weighted by molar-refractivity contribution is -0.138. The fourth-order valence-electron chi connectivity index (χ4n) is 9.22. The second-order valence-corrected chi connectivity index (χ2v) is 18.3. The molecule has 0 saturated carbocycles. The van der Waals surface area contributed by atoms with Crippen LogP contribution < -0.4 is 21.3 Å². The van der Waals surface area contributed by atoms with Crippen LogP contribution in [0.15, 0.2) is 0 Å². The number of ether oxygens (including phenoxy) is 3. The Balaban J connectivity index is 1.67. The van der Waals surface area contributed by atoms with E-state index in [1.165, 1.54) is 32.6 Å². The standard InChI is InChI=1S/C44H74B3N5O12/c1-23(53)20-30(14-8-9-15-32-39(49-27(5)54)36(45)42(59)24(2)62-32)31(57)22-52(19-13-11-17-34-41(51-29(7)56)38(47)44(61)26(4)64-34)35(58)21-48-18-12-10-16-33-40(50-28(6)55)37(46)43(60)25(3)63-33/h24-26,30,32-34,36-44,48,59-61H,8-22H2,1-7H3,(H,49,54)(H,50,55)(H,51,56)/t24-,25-,26+,30?,32-,33-,34+,36-,37-,38+,39+,40+,41-,42+,43+,44-/m1/s1/i/hT. The molecule has 0 aromatic carbocycles. The molecule has 356 valence electrons. The predicted octanol–water partition coefficient (Wildman–Crippen LogP) is 0.300. The predicted molar refractivity (Wildman–Crippen MR) is 242 cm³/mol. The van der Waals surface area contributed by atoms with E-state index in [9.17, 15) is 44.1 Å². The Morgan fingerprint density at radius 2 is 1.02 bits per heavy atom. The van der Waals surface area contributed by atoms with E-state index in [0.717, 1.165) is 5.31 Å². The summed E-state index contributed by atoms with van der Waals surface area (Å²) in [7, 11) is 18.8. The number of aliphatic hydroxyl groups excluding tert-OH is 3. The Hall–Kier alpha value is -2.87. The Morgan fingerprint density at radius 3 is 1.41 bits per heavy atom. The average molecular weight is 900 g/mol. The SMILES string of the molecule is [3H]N(CCCC[C@H]1O[C@H](C)[C@H](O)[C@H]([B])[C@H]1NC(C)=O)CC(=O)N(CCCC[C@@H]1O[C@@H](C)[C@@H](O)[C@@H]([B])[C@@H]1NC(C)=O)CC(=O)C(CCCC[C@H]1O[C@H](C)[C@H](O)[C@H]([B])[C@H]1NC(C)=O)CC(C)=O. The van der Waals surface area contributed by atoms with Crippen molar-refractivity contribution in [2.24, 2.45) is 5.92 Å². The van der Waals surface area contributed by atoms with Crippen LogP contribution in [0.1, 0.15) is 119 Å². The lowest BCUT2D eigenvalue weighted by atomic mass is 9.70. The van der Waals surface area contributed by atoms with Gasteiger partial charge in [-0.15, -0.1) is 0 Å². The number of nitrogens with one attached hydrogen (secondary N) is 4. The maximum Gasteiger partial charge on any atom is 0.236 e. The maximum absolute atomic E-state index is 14.0. The molecule has 7 N–H and O–H groups in total. The number of hydrogen-bond acceptors (Lipinski definition) is 13. The van der Waals surface area contributed by atoms with Gasteiger partial charge in [0.1, 0.15) is 7.20 Å². The third kappa shape index (κ3) is 17.1. The van der Waals surface area contributed by atoms with Gasteiger partial charge in [0.15, 0.2) is 5.78 Å². The molecule has 17 nitrogen and oxygen atoms in total. The molecule has 4 amide bonds. The first-order valence-electron chi connectivity index (χ1n) is 23.6. The van der Waals surface area contributed by atoms with Crippen LogP contribution in [-0.4, -0.2) is 178 Å². The first kappa shape index (κ1) is 53.7. The molecule has 0 aliphatic carbocycles. The van der Waals surface area contributed by atoms with Crippen molar-refractivity contribution >= 4 is 58.7 Å². The van der Waals surface area contributed by atoms with Crippen LogP contribution in [0, 0.1) is 5.92 Å². The highest BCUT2D eigenvalue weighted by molar-refractivity contribution is 6.13. The van der Waals surface area contributed by atoms with Crippen molar-refractivity contribution in [1.82, 2.24) is 26.2 Å². The molecule has 20 heteroatoms. The van der Waals surface area contributed by atoms with Gasteiger partial charge in [-0.2, -0.15) is 0 Å². The number of ketones is 2. The highest BCUT2D eigenvalue weighted by Gasteiger charge is 2.43. The van der Waals surface area contributed by atoms with Crippen LogP contribution in [0.3, 0.4) is 0 Å². The molecule has 0 aromatic rings. The van der Waals surface area contributed by atoms with Crippen LogP contribution in [-0.2, 0) is 43.0 Å².